The van der Waals surface area contributed by atoms with Gasteiger partial charge in [0, 0.05) is 18.2 Å². The number of carbonyl (C=O) groups excluding carboxylic acids is 1. The summed E-state index contributed by atoms with van der Waals surface area (Å²) in [6.45, 7) is 2.28. The summed E-state index contributed by atoms with van der Waals surface area (Å²) in [5, 5.41) is 3.12. The molecule has 1 aliphatic rings. The number of halogens is 1. The number of carbonyl (C=O) groups is 1. The molecule has 0 fully saturated rings. The molecule has 0 heterocycles. The molecule has 2 nitrogen and oxygen atoms in total. The number of allylic oxidation sites excluding steroid dienone is 2. The van der Waals surface area contributed by atoms with E-state index in [4.69, 9.17) is 0 Å². The summed E-state index contributed by atoms with van der Waals surface area (Å²) in [7, 11) is 0. The molecule has 1 aliphatic carbocycles. The summed E-state index contributed by atoms with van der Waals surface area (Å²) in [6.07, 6.45) is 2.62. The Labute approximate surface area is 112 Å². The first-order valence-electron chi connectivity index (χ1n) is 6.32. The molecule has 0 amide bonds. The molecule has 98 valence electrons. The van der Waals surface area contributed by atoms with E-state index in [1.807, 2.05) is 0 Å². The molecular weight excluding hydrogens is 241 g/mol. The second-order valence-corrected chi connectivity index (χ2v) is 4.54. The Morgan fingerprint density at radius 2 is 2.16 bits per heavy atom. The molecule has 0 spiro atoms. The minimum absolute atomic E-state index is 0.0338. The Hall–Kier alpha value is -2.08. The highest BCUT2D eigenvalue weighted by molar-refractivity contribution is 5.92. The standard InChI is InChI=1S/C16H16FNO/c1-2-3-8-18-13-9-12(10-14(19)11-13)15-6-4-5-7-16(15)17/h4-7,11-12,18H,8-10H2,1H3. The third-order valence-corrected chi connectivity index (χ3v) is 3.17. The monoisotopic (exact) mass is 257 g/mol. The van der Waals surface area contributed by atoms with E-state index >= 15 is 0 Å². The van der Waals surface area contributed by atoms with Crippen molar-refractivity contribution in [3.63, 3.8) is 0 Å². The zero-order chi connectivity index (χ0) is 13.7. The topological polar surface area (TPSA) is 29.1 Å². The summed E-state index contributed by atoms with van der Waals surface area (Å²) < 4.78 is 13.8. The van der Waals surface area contributed by atoms with Gasteiger partial charge in [-0.05, 0) is 30.9 Å². The summed E-state index contributed by atoms with van der Waals surface area (Å²) in [5.41, 5.74) is 1.46. The van der Waals surface area contributed by atoms with Crippen LogP contribution in [0.4, 0.5) is 4.39 Å². The normalized spacial score (nSPS) is 18.3. The lowest BCUT2D eigenvalue weighted by molar-refractivity contribution is -0.115. The molecule has 0 aliphatic heterocycles. The van der Waals surface area contributed by atoms with Gasteiger partial charge in [0.25, 0.3) is 0 Å². The average molecular weight is 257 g/mol. The lowest BCUT2D eigenvalue weighted by Crippen LogP contribution is -2.22. The van der Waals surface area contributed by atoms with E-state index in [2.05, 4.69) is 17.2 Å². The third kappa shape index (κ3) is 3.45. The van der Waals surface area contributed by atoms with Crippen molar-refractivity contribution < 1.29 is 9.18 Å². The fourth-order valence-electron chi connectivity index (χ4n) is 2.29. The predicted octanol–water partition coefficient (Wildman–Crippen LogP) is 2.77. The maximum absolute atomic E-state index is 13.8. The molecule has 1 atom stereocenters. The maximum Gasteiger partial charge on any atom is 0.158 e. The van der Waals surface area contributed by atoms with Crippen molar-refractivity contribution in [1.29, 1.82) is 0 Å². The molecule has 1 aromatic carbocycles. The van der Waals surface area contributed by atoms with Crippen molar-refractivity contribution in [1.82, 2.24) is 5.32 Å². The van der Waals surface area contributed by atoms with Gasteiger partial charge in [0.05, 0.1) is 6.54 Å². The molecule has 0 bridgehead atoms. The van der Waals surface area contributed by atoms with Crippen LogP contribution in [0.25, 0.3) is 0 Å². The van der Waals surface area contributed by atoms with Crippen molar-refractivity contribution in [2.24, 2.45) is 0 Å². The Bertz CT molecular complexity index is 566. The minimum atomic E-state index is -0.241. The first kappa shape index (κ1) is 13.4. The van der Waals surface area contributed by atoms with Crippen molar-refractivity contribution >= 4 is 5.78 Å². The second-order valence-electron chi connectivity index (χ2n) is 4.54. The lowest BCUT2D eigenvalue weighted by atomic mass is 9.85. The number of hydrogen-bond donors (Lipinski definition) is 1. The number of nitrogens with one attached hydrogen (secondary N) is 1. The van der Waals surface area contributed by atoms with Gasteiger partial charge in [-0.15, -0.1) is 5.92 Å². The molecule has 19 heavy (non-hydrogen) atoms. The molecule has 0 saturated carbocycles. The number of rotatable bonds is 3. The molecule has 1 unspecified atom stereocenters. The summed E-state index contributed by atoms with van der Waals surface area (Å²) in [5.74, 6) is 5.38. The zero-order valence-corrected chi connectivity index (χ0v) is 10.9. The minimum Gasteiger partial charge on any atom is -0.377 e. The number of hydrogen-bond acceptors (Lipinski definition) is 2. The van der Waals surface area contributed by atoms with Crippen LogP contribution >= 0.6 is 0 Å². The van der Waals surface area contributed by atoms with E-state index in [0.717, 1.165) is 5.70 Å². The van der Waals surface area contributed by atoms with Crippen LogP contribution in [0.3, 0.4) is 0 Å². The van der Waals surface area contributed by atoms with Crippen LogP contribution in [-0.2, 0) is 4.79 Å². The van der Waals surface area contributed by atoms with Gasteiger partial charge in [0.15, 0.2) is 5.78 Å². The average Bonchev–Trinajstić information content (AvgIpc) is 2.39. The van der Waals surface area contributed by atoms with Crippen LogP contribution in [-0.4, -0.2) is 12.3 Å². The fraction of sp³-hybridized carbons (Fsp3) is 0.312. The lowest BCUT2D eigenvalue weighted by Gasteiger charge is -2.23. The van der Waals surface area contributed by atoms with Gasteiger partial charge < -0.3 is 5.32 Å². The van der Waals surface area contributed by atoms with Crippen LogP contribution in [0.2, 0.25) is 0 Å². The van der Waals surface area contributed by atoms with E-state index in [0.29, 0.717) is 24.9 Å². The van der Waals surface area contributed by atoms with E-state index in [1.165, 1.54) is 6.07 Å². The molecular formula is C16H16FNO. The summed E-state index contributed by atoms with van der Waals surface area (Å²) in [4.78, 5) is 11.7. The van der Waals surface area contributed by atoms with Gasteiger partial charge in [-0.3, -0.25) is 4.79 Å². The van der Waals surface area contributed by atoms with Crippen LogP contribution in [0.15, 0.2) is 36.0 Å². The predicted molar refractivity (Wildman–Crippen MR) is 72.9 cm³/mol. The van der Waals surface area contributed by atoms with Crippen molar-refractivity contribution in [3.8, 4) is 11.8 Å². The van der Waals surface area contributed by atoms with Gasteiger partial charge in [0.1, 0.15) is 5.82 Å². The maximum atomic E-state index is 13.8. The van der Waals surface area contributed by atoms with Crippen molar-refractivity contribution in [2.75, 3.05) is 6.54 Å². The van der Waals surface area contributed by atoms with Crippen LogP contribution in [0.1, 0.15) is 31.2 Å². The summed E-state index contributed by atoms with van der Waals surface area (Å²) >= 11 is 0. The van der Waals surface area contributed by atoms with Crippen molar-refractivity contribution in [2.45, 2.75) is 25.7 Å². The first-order chi connectivity index (χ1) is 9.20. The SMILES string of the molecule is CC#CCNC1=CC(=O)CC(c2ccccc2F)C1. The number of benzene rings is 1. The second kappa shape index (κ2) is 6.19. The summed E-state index contributed by atoms with van der Waals surface area (Å²) in [6, 6.07) is 6.65. The highest BCUT2D eigenvalue weighted by atomic mass is 19.1. The smallest absolute Gasteiger partial charge is 0.158 e. The number of ketones is 1. The van der Waals surface area contributed by atoms with Gasteiger partial charge in [-0.2, -0.15) is 0 Å². The first-order valence-corrected chi connectivity index (χ1v) is 6.32. The largest absolute Gasteiger partial charge is 0.377 e. The van der Waals surface area contributed by atoms with E-state index in [-0.39, 0.29) is 17.5 Å². The molecule has 2 rings (SSSR count). The molecule has 3 heteroatoms. The van der Waals surface area contributed by atoms with Gasteiger partial charge in [0.2, 0.25) is 0 Å². The third-order valence-electron chi connectivity index (χ3n) is 3.17. The van der Waals surface area contributed by atoms with Crippen molar-refractivity contribution in [3.05, 3.63) is 47.4 Å². The van der Waals surface area contributed by atoms with Crippen LogP contribution in [0, 0.1) is 17.7 Å². The van der Waals surface area contributed by atoms with Gasteiger partial charge in [-0.25, -0.2) is 4.39 Å². The molecule has 0 radical (unpaired) electrons. The van der Waals surface area contributed by atoms with Gasteiger partial charge >= 0.3 is 0 Å². The molecule has 1 N–H and O–H groups in total. The van der Waals surface area contributed by atoms with E-state index in [9.17, 15) is 9.18 Å². The highest BCUT2D eigenvalue weighted by Crippen LogP contribution is 2.31. The quantitative estimate of drug-likeness (QED) is 0.844. The zero-order valence-electron chi connectivity index (χ0n) is 10.9. The molecule has 0 saturated heterocycles. The van der Waals surface area contributed by atoms with Gasteiger partial charge in [-0.1, -0.05) is 24.1 Å². The fourth-order valence-corrected chi connectivity index (χ4v) is 2.29. The van der Waals surface area contributed by atoms with E-state index in [1.54, 1.807) is 31.2 Å². The Morgan fingerprint density at radius 1 is 1.37 bits per heavy atom. The van der Waals surface area contributed by atoms with Crippen LogP contribution in [0.5, 0.6) is 0 Å². The Kier molecular flexibility index (Phi) is 4.35. The Balaban J connectivity index is 2.13. The van der Waals surface area contributed by atoms with E-state index < -0.39 is 0 Å². The Morgan fingerprint density at radius 3 is 2.89 bits per heavy atom. The highest BCUT2D eigenvalue weighted by Gasteiger charge is 2.23. The molecule has 0 aromatic heterocycles. The van der Waals surface area contributed by atoms with Crippen LogP contribution < -0.4 is 5.32 Å². The molecule has 1 aromatic rings.